The summed E-state index contributed by atoms with van der Waals surface area (Å²) < 4.78 is 11.5. The van der Waals surface area contributed by atoms with Gasteiger partial charge in [-0.1, -0.05) is 18.6 Å². The smallest absolute Gasteiger partial charge is 0.114 e. The fourth-order valence-corrected chi connectivity index (χ4v) is 4.16. The third kappa shape index (κ3) is 4.18. The number of allylic oxidation sites excluding steroid dienone is 2. The van der Waals surface area contributed by atoms with E-state index >= 15 is 0 Å². The molecule has 0 aromatic carbocycles. The maximum Gasteiger partial charge on any atom is 0.114 e. The lowest BCUT2D eigenvalue weighted by Crippen LogP contribution is -2.42. The molecule has 4 nitrogen and oxygen atoms in total. The molecule has 0 aromatic rings. The van der Waals surface area contributed by atoms with E-state index in [-0.39, 0.29) is 12.1 Å². The number of nitrogens with zero attached hydrogens (tertiary/aromatic N) is 1. The highest BCUT2D eigenvalue weighted by Gasteiger charge is 2.30. The third-order valence-corrected chi connectivity index (χ3v) is 5.93. The quantitative estimate of drug-likeness (QED) is 0.847. The minimum atomic E-state index is -0.0333. The molecule has 1 saturated heterocycles. The Morgan fingerprint density at radius 2 is 2.00 bits per heavy atom. The van der Waals surface area contributed by atoms with Crippen LogP contribution in [0.3, 0.4) is 0 Å². The first kappa shape index (κ1) is 18.7. The topological polar surface area (TPSA) is 47.7 Å². The maximum atomic E-state index is 6.41. The number of ether oxygens (including phenoxy) is 2. The normalized spacial score (nSPS) is 29.7. The Bertz CT molecular complexity index is 570. The van der Waals surface area contributed by atoms with Gasteiger partial charge in [-0.15, -0.1) is 0 Å². The van der Waals surface area contributed by atoms with E-state index in [0.29, 0.717) is 12.0 Å². The summed E-state index contributed by atoms with van der Waals surface area (Å²) in [5, 5.41) is 0. The van der Waals surface area contributed by atoms with Gasteiger partial charge in [0.15, 0.2) is 0 Å². The number of rotatable bonds is 4. The van der Waals surface area contributed by atoms with Crippen molar-refractivity contribution in [2.24, 2.45) is 11.7 Å². The van der Waals surface area contributed by atoms with Crippen LogP contribution in [-0.2, 0) is 9.47 Å². The van der Waals surface area contributed by atoms with Crippen molar-refractivity contribution in [3.8, 4) is 0 Å². The summed E-state index contributed by atoms with van der Waals surface area (Å²) in [5.41, 5.74) is 10.6. The molecule has 0 aromatic heterocycles. The van der Waals surface area contributed by atoms with E-state index in [1.54, 1.807) is 0 Å². The van der Waals surface area contributed by atoms with E-state index in [0.717, 1.165) is 38.5 Å². The van der Waals surface area contributed by atoms with Crippen LogP contribution in [0.1, 0.15) is 47.0 Å². The van der Waals surface area contributed by atoms with Crippen LogP contribution in [0.25, 0.3) is 0 Å². The van der Waals surface area contributed by atoms with Gasteiger partial charge in [0, 0.05) is 32.3 Å². The zero-order valence-electron chi connectivity index (χ0n) is 16.3. The number of hydrogen-bond donors (Lipinski definition) is 1. The lowest BCUT2D eigenvalue weighted by molar-refractivity contribution is 0.0370. The Labute approximate surface area is 152 Å². The average Bonchev–Trinajstić information content (AvgIpc) is 2.63. The molecule has 140 valence electrons. The second-order valence-corrected chi connectivity index (χ2v) is 7.94. The van der Waals surface area contributed by atoms with Crippen molar-refractivity contribution >= 4 is 0 Å². The molecular weight excluding hydrogens is 312 g/mol. The zero-order valence-corrected chi connectivity index (χ0v) is 16.3. The highest BCUT2D eigenvalue weighted by atomic mass is 16.5. The van der Waals surface area contributed by atoms with E-state index in [1.807, 2.05) is 0 Å². The second-order valence-electron chi connectivity index (χ2n) is 7.94. The monoisotopic (exact) mass is 346 g/mol. The molecule has 4 heteroatoms. The predicted molar refractivity (Wildman–Crippen MR) is 102 cm³/mol. The molecule has 1 fully saturated rings. The molecular formula is C21H34N2O2. The van der Waals surface area contributed by atoms with E-state index < -0.39 is 0 Å². The molecule has 0 bridgehead atoms. The lowest BCUT2D eigenvalue weighted by Gasteiger charge is -2.37. The van der Waals surface area contributed by atoms with Gasteiger partial charge in [-0.05, 0) is 63.2 Å². The molecule has 0 amide bonds. The minimum absolute atomic E-state index is 0.0333. The molecule has 0 radical (unpaired) electrons. The Morgan fingerprint density at radius 3 is 2.60 bits per heavy atom. The van der Waals surface area contributed by atoms with E-state index in [1.165, 1.54) is 29.6 Å². The fraction of sp³-hybridized carbons (Fsp3) is 0.714. The molecule has 2 atom stereocenters. The Balaban J connectivity index is 1.75. The van der Waals surface area contributed by atoms with Gasteiger partial charge >= 0.3 is 0 Å². The first-order chi connectivity index (χ1) is 12.0. The summed E-state index contributed by atoms with van der Waals surface area (Å²) in [7, 11) is 0. The van der Waals surface area contributed by atoms with Gasteiger partial charge in [0.05, 0.1) is 12.1 Å². The summed E-state index contributed by atoms with van der Waals surface area (Å²) >= 11 is 0. The van der Waals surface area contributed by atoms with Gasteiger partial charge < -0.3 is 15.2 Å². The van der Waals surface area contributed by atoms with Gasteiger partial charge in [-0.3, -0.25) is 4.90 Å². The molecule has 2 unspecified atom stereocenters. The third-order valence-electron chi connectivity index (χ3n) is 5.93. The van der Waals surface area contributed by atoms with Crippen LogP contribution in [0, 0.1) is 5.92 Å². The largest absolute Gasteiger partial charge is 0.494 e. The molecule has 3 aliphatic rings. The van der Waals surface area contributed by atoms with Crippen molar-refractivity contribution < 1.29 is 9.47 Å². The van der Waals surface area contributed by atoms with Crippen molar-refractivity contribution in [1.29, 1.82) is 0 Å². The Hall–Kier alpha value is -1.10. The first-order valence-corrected chi connectivity index (χ1v) is 9.83. The first-order valence-electron chi connectivity index (χ1n) is 9.83. The van der Waals surface area contributed by atoms with E-state index in [9.17, 15) is 0 Å². The summed E-state index contributed by atoms with van der Waals surface area (Å²) in [4.78, 5) is 2.62. The molecule has 2 aliphatic heterocycles. The molecule has 1 aliphatic carbocycles. The Morgan fingerprint density at radius 1 is 1.28 bits per heavy atom. The zero-order chi connectivity index (χ0) is 18.0. The van der Waals surface area contributed by atoms with Crippen LogP contribution in [0.2, 0.25) is 0 Å². The molecule has 25 heavy (non-hydrogen) atoms. The van der Waals surface area contributed by atoms with Crippen LogP contribution in [0.4, 0.5) is 0 Å². The van der Waals surface area contributed by atoms with Crippen molar-refractivity contribution in [2.75, 3.05) is 26.3 Å². The summed E-state index contributed by atoms with van der Waals surface area (Å²) in [6.45, 7) is 12.6. The molecule has 2 heterocycles. The van der Waals surface area contributed by atoms with Crippen LogP contribution in [0.5, 0.6) is 0 Å². The van der Waals surface area contributed by atoms with Crippen LogP contribution >= 0.6 is 0 Å². The minimum Gasteiger partial charge on any atom is -0.494 e. The van der Waals surface area contributed by atoms with Crippen LogP contribution < -0.4 is 5.73 Å². The second kappa shape index (κ2) is 8.07. The fourth-order valence-electron chi connectivity index (χ4n) is 4.16. The Kier molecular flexibility index (Phi) is 6.03. The maximum absolute atomic E-state index is 6.41. The predicted octanol–water partition coefficient (Wildman–Crippen LogP) is 3.40. The van der Waals surface area contributed by atoms with E-state index in [4.69, 9.17) is 15.2 Å². The molecule has 0 saturated carbocycles. The van der Waals surface area contributed by atoms with Crippen LogP contribution in [0.15, 0.2) is 34.6 Å². The molecule has 3 rings (SSSR count). The van der Waals surface area contributed by atoms with Crippen LogP contribution in [-0.4, -0.2) is 49.4 Å². The van der Waals surface area contributed by atoms with Crippen molar-refractivity contribution in [1.82, 2.24) is 4.90 Å². The standard InChI is InChI=1S/C21H34N2O2/c1-14(2)25-20-13-19(15(3)16(4)21(20)22)17-5-9-23(10-6-17)18-7-11-24-12-8-18/h5,13-14,16,18,21H,6-12,22H2,1-4H3. The van der Waals surface area contributed by atoms with Crippen molar-refractivity contribution in [3.05, 3.63) is 34.6 Å². The van der Waals surface area contributed by atoms with Gasteiger partial charge in [-0.2, -0.15) is 0 Å². The highest BCUT2D eigenvalue weighted by molar-refractivity contribution is 5.49. The van der Waals surface area contributed by atoms with Gasteiger partial charge in [0.2, 0.25) is 0 Å². The summed E-state index contributed by atoms with van der Waals surface area (Å²) in [5.74, 6) is 1.26. The van der Waals surface area contributed by atoms with Crippen molar-refractivity contribution in [3.63, 3.8) is 0 Å². The summed E-state index contributed by atoms with van der Waals surface area (Å²) in [6.07, 6.45) is 8.23. The highest BCUT2D eigenvalue weighted by Crippen LogP contribution is 2.35. The van der Waals surface area contributed by atoms with Gasteiger partial charge in [-0.25, -0.2) is 0 Å². The molecule has 0 spiro atoms. The number of nitrogens with two attached hydrogens (primary N) is 1. The SMILES string of the molecule is CC1=C(C2=CCN(C3CCOCC3)CC2)C=C(OC(C)C)C(N)C1C. The summed E-state index contributed by atoms with van der Waals surface area (Å²) in [6, 6.07) is 0.657. The van der Waals surface area contributed by atoms with Gasteiger partial charge in [0.1, 0.15) is 5.76 Å². The molecule has 2 N–H and O–H groups in total. The van der Waals surface area contributed by atoms with E-state index in [2.05, 4.69) is 44.7 Å². The van der Waals surface area contributed by atoms with Crippen molar-refractivity contribution in [2.45, 2.75) is 65.1 Å². The number of hydrogen-bond acceptors (Lipinski definition) is 4. The average molecular weight is 347 g/mol. The van der Waals surface area contributed by atoms with Gasteiger partial charge in [0.25, 0.3) is 0 Å². The lowest BCUT2D eigenvalue weighted by atomic mass is 9.81.